The first-order valence-corrected chi connectivity index (χ1v) is 18.4. The molecule has 0 radical (unpaired) electrons. The van der Waals surface area contributed by atoms with Crippen LogP contribution >= 0.6 is 0 Å². The standard InChI is InChI=1S/C47H32F6N2O8/c1-27-40(55)23-22-38(43(27)42(57)25-7-29-4-10-31(11-5-29)45(59)61-34-15-19-36(20-16-34)63-47(51,52)53)37-21-12-32(54)26-39(37)41(56)24-6-28-2-8-30(9-3-28)44(58)60-33-13-17-35(18-14-33)62-46(48,49)50/h2-26H,54-55H2,1H3/b24-6+,25-7+. The summed E-state index contributed by atoms with van der Waals surface area (Å²) in [6.45, 7) is 1.67. The van der Waals surface area contributed by atoms with Gasteiger partial charge in [0.25, 0.3) is 0 Å². The molecule has 0 amide bonds. The molecule has 0 bridgehead atoms. The number of alkyl halides is 6. The zero-order valence-electron chi connectivity index (χ0n) is 32.6. The first-order valence-electron chi connectivity index (χ1n) is 18.4. The summed E-state index contributed by atoms with van der Waals surface area (Å²) in [7, 11) is 0. The van der Waals surface area contributed by atoms with E-state index in [0.29, 0.717) is 33.5 Å². The zero-order valence-corrected chi connectivity index (χ0v) is 32.6. The number of allylic oxidation sites excluding steroid dienone is 2. The number of benzene rings is 6. The number of ether oxygens (including phenoxy) is 4. The lowest BCUT2D eigenvalue weighted by atomic mass is 9.88. The maximum absolute atomic E-state index is 13.9. The first kappa shape index (κ1) is 44.4. The van der Waals surface area contributed by atoms with Crippen molar-refractivity contribution in [1.29, 1.82) is 0 Å². The molecule has 4 N–H and O–H groups in total. The minimum Gasteiger partial charge on any atom is -0.423 e. The molecule has 0 aliphatic heterocycles. The summed E-state index contributed by atoms with van der Waals surface area (Å²) in [5.74, 6) is -3.44. The smallest absolute Gasteiger partial charge is 0.423 e. The molecule has 0 saturated carbocycles. The van der Waals surface area contributed by atoms with Crippen LogP contribution in [0, 0.1) is 6.92 Å². The second kappa shape index (κ2) is 18.6. The average molecular weight is 867 g/mol. The Bertz CT molecular complexity index is 2730. The van der Waals surface area contributed by atoms with E-state index >= 15 is 0 Å². The second-order valence-electron chi connectivity index (χ2n) is 13.5. The lowest BCUT2D eigenvalue weighted by Crippen LogP contribution is -2.17. The van der Waals surface area contributed by atoms with E-state index in [1.807, 2.05) is 0 Å². The third-order valence-electron chi connectivity index (χ3n) is 9.04. The molecular weight excluding hydrogens is 835 g/mol. The van der Waals surface area contributed by atoms with Crippen molar-refractivity contribution in [2.24, 2.45) is 0 Å². The van der Waals surface area contributed by atoms with Gasteiger partial charge in [0.2, 0.25) is 0 Å². The monoisotopic (exact) mass is 866 g/mol. The number of ketones is 2. The number of nitrogen functional groups attached to an aromatic ring is 2. The van der Waals surface area contributed by atoms with Crippen LogP contribution in [0.15, 0.2) is 140 Å². The van der Waals surface area contributed by atoms with Crippen molar-refractivity contribution in [3.05, 3.63) is 178 Å². The largest absolute Gasteiger partial charge is 0.573 e. The number of esters is 2. The number of anilines is 2. The van der Waals surface area contributed by atoms with Crippen molar-refractivity contribution in [2.75, 3.05) is 11.5 Å². The van der Waals surface area contributed by atoms with E-state index in [9.17, 15) is 45.5 Å². The van der Waals surface area contributed by atoms with Gasteiger partial charge in [-0.25, -0.2) is 9.59 Å². The van der Waals surface area contributed by atoms with Gasteiger partial charge in [-0.05, 0) is 138 Å². The van der Waals surface area contributed by atoms with Gasteiger partial charge in [0.1, 0.15) is 23.0 Å². The predicted octanol–water partition coefficient (Wildman–Crippen LogP) is 10.9. The van der Waals surface area contributed by atoms with Crippen LogP contribution in [0.5, 0.6) is 23.0 Å². The van der Waals surface area contributed by atoms with Gasteiger partial charge in [-0.15, -0.1) is 26.3 Å². The summed E-state index contributed by atoms with van der Waals surface area (Å²) in [6.07, 6.45) is -4.11. The van der Waals surface area contributed by atoms with Crippen molar-refractivity contribution in [3.63, 3.8) is 0 Å². The molecule has 0 aromatic heterocycles. The maximum Gasteiger partial charge on any atom is 0.573 e. The van der Waals surface area contributed by atoms with Crippen LogP contribution in [0.3, 0.4) is 0 Å². The van der Waals surface area contributed by atoms with Crippen LogP contribution in [0.25, 0.3) is 23.3 Å². The fourth-order valence-corrected chi connectivity index (χ4v) is 6.00. The van der Waals surface area contributed by atoms with Gasteiger partial charge in [0.15, 0.2) is 11.6 Å². The number of carbonyl (C=O) groups is 4. The quantitative estimate of drug-likeness (QED) is 0.0286. The number of nitrogens with two attached hydrogens (primary N) is 2. The molecule has 6 aromatic carbocycles. The molecule has 0 fully saturated rings. The van der Waals surface area contributed by atoms with Crippen molar-refractivity contribution in [2.45, 2.75) is 19.6 Å². The Kier molecular flexibility index (Phi) is 13.1. The molecule has 63 heavy (non-hydrogen) atoms. The van der Waals surface area contributed by atoms with Crippen LogP contribution in [0.4, 0.5) is 37.7 Å². The third-order valence-corrected chi connectivity index (χ3v) is 9.04. The van der Waals surface area contributed by atoms with Crippen molar-refractivity contribution in [1.82, 2.24) is 0 Å². The van der Waals surface area contributed by atoms with E-state index in [1.165, 1.54) is 54.6 Å². The topological polar surface area (TPSA) is 157 Å². The van der Waals surface area contributed by atoms with Crippen LogP contribution in [-0.2, 0) is 0 Å². The maximum atomic E-state index is 13.9. The van der Waals surface area contributed by atoms with Gasteiger partial charge >= 0.3 is 24.7 Å². The summed E-state index contributed by atoms with van der Waals surface area (Å²) in [5, 5.41) is 0. The molecule has 0 unspecified atom stereocenters. The van der Waals surface area contributed by atoms with E-state index in [-0.39, 0.29) is 39.4 Å². The predicted molar refractivity (Wildman–Crippen MR) is 221 cm³/mol. The second-order valence-corrected chi connectivity index (χ2v) is 13.5. The van der Waals surface area contributed by atoms with Gasteiger partial charge in [-0.1, -0.05) is 48.6 Å². The van der Waals surface area contributed by atoms with Crippen molar-refractivity contribution >= 4 is 47.0 Å². The van der Waals surface area contributed by atoms with Crippen LogP contribution in [-0.4, -0.2) is 36.2 Å². The molecule has 0 saturated heterocycles. The van der Waals surface area contributed by atoms with E-state index in [2.05, 4.69) is 9.47 Å². The third kappa shape index (κ3) is 12.0. The van der Waals surface area contributed by atoms with Crippen LogP contribution in [0.1, 0.15) is 58.1 Å². The molecule has 0 aliphatic carbocycles. The first-order chi connectivity index (χ1) is 29.8. The van der Waals surface area contributed by atoms with Crippen molar-refractivity contribution < 1.29 is 64.5 Å². The molecule has 0 spiro atoms. The Balaban J connectivity index is 1.14. The normalized spacial score (nSPS) is 11.7. The SMILES string of the molecule is Cc1c(N)ccc(-c2ccc(N)cc2C(=O)/C=C/c2ccc(C(=O)Oc3ccc(OC(F)(F)F)cc3)cc2)c1C(=O)/C=C/c1ccc(C(=O)Oc2ccc(OC(F)(F)F)cc2)cc1. The molecule has 0 aliphatic rings. The highest BCUT2D eigenvalue weighted by atomic mass is 19.4. The number of carbonyl (C=O) groups excluding carboxylic acids is 4. The van der Waals surface area contributed by atoms with Crippen molar-refractivity contribution in [3.8, 4) is 34.1 Å². The molecular formula is C47H32F6N2O8. The average Bonchev–Trinajstić information content (AvgIpc) is 3.23. The van der Waals surface area contributed by atoms with E-state index in [1.54, 1.807) is 55.5 Å². The lowest BCUT2D eigenvalue weighted by Gasteiger charge is -2.16. The summed E-state index contributed by atoms with van der Waals surface area (Å²) in [6, 6.07) is 28.5. The highest BCUT2D eigenvalue weighted by molar-refractivity contribution is 6.16. The zero-order chi connectivity index (χ0) is 45.5. The van der Waals surface area contributed by atoms with Gasteiger partial charge in [0, 0.05) is 22.5 Å². The molecule has 6 rings (SSSR count). The number of hydrogen-bond acceptors (Lipinski definition) is 10. The molecule has 320 valence electrons. The highest BCUT2D eigenvalue weighted by Crippen LogP contribution is 2.34. The molecule has 16 heteroatoms. The lowest BCUT2D eigenvalue weighted by molar-refractivity contribution is -0.275. The summed E-state index contributed by atoms with van der Waals surface area (Å²) < 4.78 is 92.7. The Labute approximate surface area is 354 Å². The van der Waals surface area contributed by atoms with Gasteiger partial charge in [-0.2, -0.15) is 0 Å². The summed E-state index contributed by atoms with van der Waals surface area (Å²) in [4.78, 5) is 52.9. The number of halogens is 6. The van der Waals surface area contributed by atoms with Gasteiger partial charge in [-0.3, -0.25) is 9.59 Å². The van der Waals surface area contributed by atoms with E-state index in [0.717, 1.165) is 48.5 Å². The Morgan fingerprint density at radius 3 is 1.37 bits per heavy atom. The Morgan fingerprint density at radius 2 is 0.921 bits per heavy atom. The molecule has 0 atom stereocenters. The Hall–Kier alpha value is -8.14. The number of rotatable bonds is 13. The van der Waals surface area contributed by atoms with E-state index in [4.69, 9.17) is 20.9 Å². The van der Waals surface area contributed by atoms with Gasteiger partial charge < -0.3 is 30.4 Å². The number of hydrogen-bond donors (Lipinski definition) is 2. The van der Waals surface area contributed by atoms with Gasteiger partial charge in [0.05, 0.1) is 11.1 Å². The van der Waals surface area contributed by atoms with E-state index < -0.39 is 47.7 Å². The highest BCUT2D eigenvalue weighted by Gasteiger charge is 2.32. The minimum atomic E-state index is -4.87. The fraction of sp³-hybridized carbons (Fsp3) is 0.0638. The summed E-state index contributed by atoms with van der Waals surface area (Å²) >= 11 is 0. The molecule has 10 nitrogen and oxygen atoms in total. The van der Waals surface area contributed by atoms with Crippen LogP contribution < -0.4 is 30.4 Å². The summed E-state index contributed by atoms with van der Waals surface area (Å²) in [5.41, 5.74) is 15.9. The molecule has 0 heterocycles. The van der Waals surface area contributed by atoms with Crippen LogP contribution in [0.2, 0.25) is 0 Å². The molecule has 6 aromatic rings. The Morgan fingerprint density at radius 1 is 0.508 bits per heavy atom. The minimum absolute atomic E-state index is 0.00949. The fourth-order valence-electron chi connectivity index (χ4n) is 6.00.